The zero-order chi connectivity index (χ0) is 17.5. The number of nitrogens with one attached hydrogen (secondary N) is 1. The van der Waals surface area contributed by atoms with Crippen molar-refractivity contribution in [2.45, 2.75) is 26.4 Å². The lowest BCUT2D eigenvalue weighted by Crippen LogP contribution is -2.25. The van der Waals surface area contributed by atoms with Crippen molar-refractivity contribution in [3.05, 3.63) is 69.2 Å². The summed E-state index contributed by atoms with van der Waals surface area (Å²) >= 11 is 12.2. The molecule has 0 heterocycles. The van der Waals surface area contributed by atoms with Crippen LogP contribution in [0.2, 0.25) is 10.0 Å². The molecule has 0 saturated heterocycles. The van der Waals surface area contributed by atoms with E-state index in [-0.39, 0.29) is 12.3 Å². The number of amides is 1. The lowest BCUT2D eigenvalue weighted by atomic mass is 10.1. The summed E-state index contributed by atoms with van der Waals surface area (Å²) in [5, 5.41) is 3.96. The fourth-order valence-electron chi connectivity index (χ4n) is 2.39. The first-order valence-electron chi connectivity index (χ1n) is 7.95. The SMILES string of the molecule is CCN(C)Cc1cccc(CNC(=O)Cc2c(Cl)cccc2Cl)c1. The average Bonchev–Trinajstić information content (AvgIpc) is 2.56. The monoisotopic (exact) mass is 364 g/mol. The first kappa shape index (κ1) is 18.8. The lowest BCUT2D eigenvalue weighted by Gasteiger charge is -2.14. The van der Waals surface area contributed by atoms with Gasteiger partial charge in [0.25, 0.3) is 0 Å². The van der Waals surface area contributed by atoms with Gasteiger partial charge < -0.3 is 10.2 Å². The van der Waals surface area contributed by atoms with Gasteiger partial charge in [0.2, 0.25) is 5.91 Å². The van der Waals surface area contributed by atoms with Crippen molar-refractivity contribution in [1.29, 1.82) is 0 Å². The summed E-state index contributed by atoms with van der Waals surface area (Å²) in [5.41, 5.74) is 2.98. The second-order valence-corrected chi connectivity index (χ2v) is 6.62. The third-order valence-corrected chi connectivity index (χ3v) is 4.58. The average molecular weight is 365 g/mol. The molecule has 5 heteroatoms. The Morgan fingerprint density at radius 3 is 2.38 bits per heavy atom. The number of benzene rings is 2. The van der Waals surface area contributed by atoms with Crippen LogP contribution in [0.15, 0.2) is 42.5 Å². The van der Waals surface area contributed by atoms with Gasteiger partial charge in [-0.25, -0.2) is 0 Å². The molecule has 0 bridgehead atoms. The van der Waals surface area contributed by atoms with Crippen molar-refractivity contribution in [3.63, 3.8) is 0 Å². The van der Waals surface area contributed by atoms with E-state index >= 15 is 0 Å². The summed E-state index contributed by atoms with van der Waals surface area (Å²) < 4.78 is 0. The van der Waals surface area contributed by atoms with Crippen LogP contribution in [0.4, 0.5) is 0 Å². The molecular formula is C19H22Cl2N2O. The number of rotatable bonds is 7. The molecule has 0 aliphatic heterocycles. The predicted octanol–water partition coefficient (Wildman–Crippen LogP) is 4.30. The standard InChI is InChI=1S/C19H22Cl2N2O/c1-3-23(2)13-15-7-4-6-14(10-15)12-22-19(24)11-16-17(20)8-5-9-18(16)21/h4-10H,3,11-13H2,1-2H3,(H,22,24). The van der Waals surface area contributed by atoms with E-state index in [1.165, 1.54) is 5.56 Å². The van der Waals surface area contributed by atoms with Gasteiger partial charge >= 0.3 is 0 Å². The van der Waals surface area contributed by atoms with Crippen molar-refractivity contribution in [2.24, 2.45) is 0 Å². The second-order valence-electron chi connectivity index (χ2n) is 5.80. The molecule has 0 aliphatic carbocycles. The van der Waals surface area contributed by atoms with E-state index < -0.39 is 0 Å². The highest BCUT2D eigenvalue weighted by Crippen LogP contribution is 2.24. The van der Waals surface area contributed by atoms with Crippen molar-refractivity contribution < 1.29 is 4.79 Å². The molecule has 3 nitrogen and oxygen atoms in total. The van der Waals surface area contributed by atoms with Crippen LogP contribution in [0.3, 0.4) is 0 Å². The molecule has 1 amide bonds. The van der Waals surface area contributed by atoms with Gasteiger partial charge in [0.1, 0.15) is 0 Å². The topological polar surface area (TPSA) is 32.3 Å². The molecule has 24 heavy (non-hydrogen) atoms. The highest BCUT2D eigenvalue weighted by atomic mass is 35.5. The maximum absolute atomic E-state index is 12.2. The van der Waals surface area contributed by atoms with Crippen LogP contribution in [-0.2, 0) is 24.3 Å². The summed E-state index contributed by atoms with van der Waals surface area (Å²) in [6.45, 7) is 4.52. The summed E-state index contributed by atoms with van der Waals surface area (Å²) in [7, 11) is 2.09. The largest absolute Gasteiger partial charge is 0.352 e. The van der Waals surface area contributed by atoms with Gasteiger partial charge in [0.15, 0.2) is 0 Å². The van der Waals surface area contributed by atoms with E-state index in [1.54, 1.807) is 18.2 Å². The first-order chi connectivity index (χ1) is 11.5. The number of halogens is 2. The molecule has 0 fully saturated rings. The Hall–Kier alpha value is -1.55. The Bertz CT molecular complexity index is 683. The normalized spacial score (nSPS) is 10.9. The van der Waals surface area contributed by atoms with E-state index in [1.807, 2.05) is 12.1 Å². The van der Waals surface area contributed by atoms with Gasteiger partial charge in [-0.3, -0.25) is 4.79 Å². The summed E-state index contributed by atoms with van der Waals surface area (Å²) in [4.78, 5) is 14.4. The van der Waals surface area contributed by atoms with Crippen molar-refractivity contribution >= 4 is 29.1 Å². The van der Waals surface area contributed by atoms with Crippen LogP contribution < -0.4 is 5.32 Å². The van der Waals surface area contributed by atoms with Gasteiger partial charge in [-0.15, -0.1) is 0 Å². The molecule has 0 spiro atoms. The van der Waals surface area contributed by atoms with E-state index in [0.29, 0.717) is 22.2 Å². The molecule has 0 saturated carbocycles. The summed E-state index contributed by atoms with van der Waals surface area (Å²) in [5.74, 6) is -0.0962. The van der Waals surface area contributed by atoms with Crippen LogP contribution in [0, 0.1) is 0 Å². The Morgan fingerprint density at radius 1 is 1.08 bits per heavy atom. The molecule has 2 aromatic rings. The quantitative estimate of drug-likeness (QED) is 0.793. The minimum Gasteiger partial charge on any atom is -0.352 e. The minimum atomic E-state index is -0.0962. The second kappa shape index (κ2) is 9.07. The Kier molecular flexibility index (Phi) is 7.10. The summed E-state index contributed by atoms with van der Waals surface area (Å²) in [6, 6.07) is 13.5. The minimum absolute atomic E-state index is 0.0962. The van der Waals surface area contributed by atoms with Gasteiger partial charge in [-0.1, -0.05) is 60.5 Å². The third-order valence-electron chi connectivity index (χ3n) is 3.87. The molecule has 1 N–H and O–H groups in total. The molecule has 0 aromatic heterocycles. The number of hydrogen-bond acceptors (Lipinski definition) is 2. The number of nitrogens with zero attached hydrogens (tertiary/aromatic N) is 1. The van der Waals surface area contributed by atoms with Crippen LogP contribution >= 0.6 is 23.2 Å². The van der Waals surface area contributed by atoms with E-state index in [0.717, 1.165) is 18.7 Å². The molecule has 0 atom stereocenters. The third kappa shape index (κ3) is 5.52. The Morgan fingerprint density at radius 2 is 1.71 bits per heavy atom. The molecular weight excluding hydrogens is 343 g/mol. The number of carbonyl (C=O) groups excluding carboxylic acids is 1. The zero-order valence-corrected chi connectivity index (χ0v) is 15.5. The highest BCUT2D eigenvalue weighted by Gasteiger charge is 2.10. The molecule has 0 radical (unpaired) electrons. The van der Waals surface area contributed by atoms with Crippen molar-refractivity contribution in [3.8, 4) is 0 Å². The Balaban J connectivity index is 1.93. The van der Waals surface area contributed by atoms with Crippen LogP contribution in [0.5, 0.6) is 0 Å². The molecule has 0 aliphatic rings. The molecule has 2 aromatic carbocycles. The van der Waals surface area contributed by atoms with Gasteiger partial charge in [0.05, 0.1) is 6.42 Å². The number of carbonyl (C=O) groups is 1. The van der Waals surface area contributed by atoms with Crippen molar-refractivity contribution in [1.82, 2.24) is 10.2 Å². The summed E-state index contributed by atoms with van der Waals surface area (Å²) in [6.07, 6.45) is 0.177. The van der Waals surface area contributed by atoms with E-state index in [4.69, 9.17) is 23.2 Å². The predicted molar refractivity (Wildman–Crippen MR) is 100 cm³/mol. The van der Waals surface area contributed by atoms with Crippen LogP contribution in [0.1, 0.15) is 23.6 Å². The first-order valence-corrected chi connectivity index (χ1v) is 8.71. The molecule has 0 unspecified atom stereocenters. The zero-order valence-electron chi connectivity index (χ0n) is 14.0. The molecule has 2 rings (SSSR count). The van der Waals surface area contributed by atoms with Gasteiger partial charge in [0, 0.05) is 23.1 Å². The molecule has 128 valence electrons. The van der Waals surface area contributed by atoms with Crippen LogP contribution in [0.25, 0.3) is 0 Å². The van der Waals surface area contributed by atoms with E-state index in [9.17, 15) is 4.79 Å². The lowest BCUT2D eigenvalue weighted by molar-refractivity contribution is -0.120. The maximum Gasteiger partial charge on any atom is 0.224 e. The highest BCUT2D eigenvalue weighted by molar-refractivity contribution is 6.36. The Labute approximate surface area is 153 Å². The van der Waals surface area contributed by atoms with Gasteiger partial charge in [-0.05, 0) is 42.4 Å². The smallest absolute Gasteiger partial charge is 0.224 e. The fourth-order valence-corrected chi connectivity index (χ4v) is 2.92. The fraction of sp³-hybridized carbons (Fsp3) is 0.316. The van der Waals surface area contributed by atoms with Crippen molar-refractivity contribution in [2.75, 3.05) is 13.6 Å². The van der Waals surface area contributed by atoms with Gasteiger partial charge in [-0.2, -0.15) is 0 Å². The van der Waals surface area contributed by atoms with E-state index in [2.05, 4.69) is 36.3 Å². The maximum atomic E-state index is 12.2. The number of hydrogen-bond donors (Lipinski definition) is 1. The van der Waals surface area contributed by atoms with Crippen LogP contribution in [-0.4, -0.2) is 24.4 Å².